The van der Waals surface area contributed by atoms with E-state index in [0.29, 0.717) is 24.8 Å². The molecule has 3 heteroatoms. The number of hydrogen-bond acceptors (Lipinski definition) is 3. The van der Waals surface area contributed by atoms with Crippen LogP contribution in [0.1, 0.15) is 26.7 Å². The van der Waals surface area contributed by atoms with Crippen LogP contribution in [0.3, 0.4) is 0 Å². The molecule has 1 fully saturated rings. The molecule has 0 aromatic carbocycles. The number of ether oxygens (including phenoxy) is 1. The quantitative estimate of drug-likeness (QED) is 0.654. The zero-order valence-electron chi connectivity index (χ0n) is 7.92. The van der Waals surface area contributed by atoms with Gasteiger partial charge in [0.05, 0.1) is 19.3 Å². The van der Waals surface area contributed by atoms with E-state index in [9.17, 15) is 0 Å². The lowest BCUT2D eigenvalue weighted by atomic mass is 9.98. The monoisotopic (exact) mass is 173 g/mol. The molecule has 1 aliphatic rings. The van der Waals surface area contributed by atoms with Gasteiger partial charge in [-0.25, -0.2) is 0 Å². The second-order valence-corrected chi connectivity index (χ2v) is 3.66. The zero-order chi connectivity index (χ0) is 8.97. The van der Waals surface area contributed by atoms with Gasteiger partial charge in [-0.1, -0.05) is 0 Å². The Balaban J connectivity index is 2.24. The molecular formula is C9H19NO2. The van der Waals surface area contributed by atoms with Crippen molar-refractivity contribution in [3.8, 4) is 0 Å². The van der Waals surface area contributed by atoms with Crippen molar-refractivity contribution >= 4 is 0 Å². The third kappa shape index (κ3) is 3.09. The first-order valence-electron chi connectivity index (χ1n) is 4.71. The second-order valence-electron chi connectivity index (χ2n) is 3.66. The molecule has 0 aromatic rings. The predicted molar refractivity (Wildman–Crippen MR) is 48.1 cm³/mol. The summed E-state index contributed by atoms with van der Waals surface area (Å²) in [7, 11) is 0. The van der Waals surface area contributed by atoms with E-state index in [2.05, 4.69) is 19.2 Å². The summed E-state index contributed by atoms with van der Waals surface area (Å²) in [5, 5.41) is 12.0. The summed E-state index contributed by atoms with van der Waals surface area (Å²) >= 11 is 0. The van der Waals surface area contributed by atoms with Crippen molar-refractivity contribution in [2.45, 2.75) is 44.9 Å². The average Bonchev–Trinajstić information content (AvgIpc) is 1.99. The molecule has 0 amide bonds. The van der Waals surface area contributed by atoms with E-state index in [4.69, 9.17) is 9.84 Å². The molecule has 0 radical (unpaired) electrons. The lowest BCUT2D eigenvalue weighted by molar-refractivity contribution is -0.00309. The number of aliphatic hydroxyl groups is 1. The molecule has 1 heterocycles. The van der Waals surface area contributed by atoms with Crippen molar-refractivity contribution in [1.82, 2.24) is 5.32 Å². The molecular weight excluding hydrogens is 154 g/mol. The summed E-state index contributed by atoms with van der Waals surface area (Å²) in [6, 6.07) is 1.08. The summed E-state index contributed by atoms with van der Waals surface area (Å²) in [6.07, 6.45) is 2.46. The van der Waals surface area contributed by atoms with Crippen LogP contribution < -0.4 is 5.32 Å². The third-order valence-corrected chi connectivity index (χ3v) is 2.25. The highest BCUT2D eigenvalue weighted by Gasteiger charge is 2.23. The van der Waals surface area contributed by atoms with E-state index in [1.165, 1.54) is 0 Å². The van der Waals surface area contributed by atoms with E-state index in [-0.39, 0.29) is 6.61 Å². The van der Waals surface area contributed by atoms with E-state index in [1.54, 1.807) is 0 Å². The van der Waals surface area contributed by atoms with E-state index >= 15 is 0 Å². The van der Waals surface area contributed by atoms with Crippen LogP contribution in [0.15, 0.2) is 0 Å². The summed E-state index contributed by atoms with van der Waals surface area (Å²) in [6.45, 7) is 4.95. The predicted octanol–water partition coefficient (Wildman–Crippen LogP) is 0.524. The van der Waals surface area contributed by atoms with Crippen LogP contribution in [0.5, 0.6) is 0 Å². The normalized spacial score (nSPS) is 36.8. The van der Waals surface area contributed by atoms with E-state index in [0.717, 1.165) is 12.8 Å². The van der Waals surface area contributed by atoms with Gasteiger partial charge in [0.1, 0.15) is 0 Å². The topological polar surface area (TPSA) is 41.5 Å². The fourth-order valence-electron chi connectivity index (χ4n) is 1.86. The minimum atomic E-state index is 0.132. The van der Waals surface area contributed by atoms with E-state index < -0.39 is 0 Å². The fraction of sp³-hybridized carbons (Fsp3) is 1.00. The molecule has 0 spiro atoms. The van der Waals surface area contributed by atoms with Crippen molar-refractivity contribution in [3.05, 3.63) is 0 Å². The van der Waals surface area contributed by atoms with Crippen LogP contribution in [0, 0.1) is 0 Å². The Hall–Kier alpha value is -0.120. The van der Waals surface area contributed by atoms with Gasteiger partial charge in [0, 0.05) is 12.1 Å². The molecule has 3 nitrogen and oxygen atoms in total. The highest BCUT2D eigenvalue weighted by molar-refractivity contribution is 4.81. The Kier molecular flexibility index (Phi) is 3.98. The maximum absolute atomic E-state index is 8.59. The Morgan fingerprint density at radius 3 is 2.42 bits per heavy atom. The van der Waals surface area contributed by atoms with Crippen LogP contribution in [0.2, 0.25) is 0 Å². The van der Waals surface area contributed by atoms with Crippen molar-refractivity contribution in [2.75, 3.05) is 13.2 Å². The number of piperidine rings is 1. The van der Waals surface area contributed by atoms with Crippen LogP contribution >= 0.6 is 0 Å². The van der Waals surface area contributed by atoms with Gasteiger partial charge in [-0.3, -0.25) is 0 Å². The largest absolute Gasteiger partial charge is 0.394 e. The molecule has 0 aromatic heterocycles. The minimum absolute atomic E-state index is 0.132. The van der Waals surface area contributed by atoms with Crippen LogP contribution in [-0.4, -0.2) is 36.5 Å². The highest BCUT2D eigenvalue weighted by atomic mass is 16.5. The smallest absolute Gasteiger partial charge is 0.0701 e. The molecule has 2 N–H and O–H groups in total. The standard InChI is InChI=1S/C9H19NO2/c1-7-5-9(12-4-3-11)6-8(2)10-7/h7-11H,3-6H2,1-2H3/t7-,8+,9?. The first kappa shape index (κ1) is 9.96. The maximum atomic E-state index is 8.59. The van der Waals surface area contributed by atoms with Gasteiger partial charge in [-0.15, -0.1) is 0 Å². The molecule has 72 valence electrons. The lowest BCUT2D eigenvalue weighted by Crippen LogP contribution is -2.45. The molecule has 0 saturated carbocycles. The molecule has 0 aliphatic carbocycles. The Labute approximate surface area is 74.1 Å². The molecule has 1 rings (SSSR count). The van der Waals surface area contributed by atoms with Gasteiger partial charge in [0.15, 0.2) is 0 Å². The second kappa shape index (κ2) is 4.80. The SMILES string of the molecule is C[C@@H]1CC(OCCO)C[C@H](C)N1. The Bertz CT molecular complexity index is 120. The minimum Gasteiger partial charge on any atom is -0.394 e. The van der Waals surface area contributed by atoms with Gasteiger partial charge in [0.2, 0.25) is 0 Å². The summed E-state index contributed by atoms with van der Waals surface area (Å²) in [5.41, 5.74) is 0. The number of rotatable bonds is 3. The highest BCUT2D eigenvalue weighted by Crippen LogP contribution is 2.15. The van der Waals surface area contributed by atoms with Gasteiger partial charge in [-0.2, -0.15) is 0 Å². The van der Waals surface area contributed by atoms with Crippen molar-refractivity contribution < 1.29 is 9.84 Å². The van der Waals surface area contributed by atoms with Gasteiger partial charge >= 0.3 is 0 Å². The first-order valence-corrected chi connectivity index (χ1v) is 4.71. The molecule has 1 saturated heterocycles. The molecule has 12 heavy (non-hydrogen) atoms. The third-order valence-electron chi connectivity index (χ3n) is 2.25. The summed E-state index contributed by atoms with van der Waals surface area (Å²) in [4.78, 5) is 0. The molecule has 1 unspecified atom stereocenters. The Morgan fingerprint density at radius 1 is 1.33 bits per heavy atom. The maximum Gasteiger partial charge on any atom is 0.0701 e. The van der Waals surface area contributed by atoms with Crippen LogP contribution in [0.4, 0.5) is 0 Å². The Morgan fingerprint density at radius 2 is 1.92 bits per heavy atom. The van der Waals surface area contributed by atoms with Crippen molar-refractivity contribution in [1.29, 1.82) is 0 Å². The summed E-state index contributed by atoms with van der Waals surface area (Å²) in [5.74, 6) is 0. The van der Waals surface area contributed by atoms with Crippen molar-refractivity contribution in [3.63, 3.8) is 0 Å². The lowest BCUT2D eigenvalue weighted by Gasteiger charge is -2.32. The van der Waals surface area contributed by atoms with Crippen LogP contribution in [-0.2, 0) is 4.74 Å². The van der Waals surface area contributed by atoms with Gasteiger partial charge < -0.3 is 15.2 Å². The van der Waals surface area contributed by atoms with Gasteiger partial charge in [-0.05, 0) is 26.7 Å². The summed E-state index contributed by atoms with van der Waals surface area (Å²) < 4.78 is 5.48. The van der Waals surface area contributed by atoms with Crippen molar-refractivity contribution in [2.24, 2.45) is 0 Å². The van der Waals surface area contributed by atoms with E-state index in [1.807, 2.05) is 0 Å². The number of nitrogens with one attached hydrogen (secondary N) is 1. The zero-order valence-corrected chi connectivity index (χ0v) is 7.92. The molecule has 0 bridgehead atoms. The van der Waals surface area contributed by atoms with Gasteiger partial charge in [0.25, 0.3) is 0 Å². The number of aliphatic hydroxyl groups excluding tert-OH is 1. The number of hydrogen-bond donors (Lipinski definition) is 2. The molecule has 1 aliphatic heterocycles. The van der Waals surface area contributed by atoms with Crippen LogP contribution in [0.25, 0.3) is 0 Å². The first-order chi connectivity index (χ1) is 5.72. The average molecular weight is 173 g/mol. The fourth-order valence-corrected chi connectivity index (χ4v) is 1.86. The molecule has 3 atom stereocenters.